The van der Waals surface area contributed by atoms with E-state index in [0.29, 0.717) is 12.8 Å². The lowest BCUT2D eigenvalue weighted by Crippen LogP contribution is -2.48. The van der Waals surface area contributed by atoms with E-state index in [1.165, 1.54) is 18.2 Å². The van der Waals surface area contributed by atoms with E-state index < -0.39 is 22.7 Å². The zero-order valence-corrected chi connectivity index (χ0v) is 11.0. The number of ether oxygens (including phenoxy) is 1. The fourth-order valence-electron chi connectivity index (χ4n) is 2.08. The second-order valence-electron chi connectivity index (χ2n) is 4.78. The Morgan fingerprint density at radius 2 is 2.05 bits per heavy atom. The number of hydrogen-bond donors (Lipinski definition) is 2. The van der Waals surface area contributed by atoms with Gasteiger partial charge in [-0.05, 0) is 18.9 Å². The molecule has 8 heteroatoms. The molecule has 1 amide bonds. The van der Waals surface area contributed by atoms with Gasteiger partial charge in [0.15, 0.2) is 12.4 Å². The molecule has 1 aliphatic carbocycles. The van der Waals surface area contributed by atoms with E-state index in [1.807, 2.05) is 0 Å². The molecule has 1 aromatic carbocycles. The van der Waals surface area contributed by atoms with Gasteiger partial charge in [0.2, 0.25) is 0 Å². The summed E-state index contributed by atoms with van der Waals surface area (Å²) in [5, 5.41) is 22.1. The van der Waals surface area contributed by atoms with E-state index in [9.17, 15) is 19.7 Å². The Bertz CT molecular complexity index is 568. The van der Waals surface area contributed by atoms with E-state index in [2.05, 4.69) is 5.32 Å². The molecule has 2 rings (SSSR count). The zero-order chi connectivity index (χ0) is 15.4. The standard InChI is InChI=1S/C13H14N2O6/c16-12(14-9-5-8(6-9)13(17)18)7-21-11-4-2-1-3-10(11)15(19)20/h1-4,8-9H,5-7H2,(H,14,16)(H,17,18). The minimum Gasteiger partial charge on any atom is -0.481 e. The van der Waals surface area contributed by atoms with Crippen molar-refractivity contribution in [3.8, 4) is 5.75 Å². The molecule has 0 saturated heterocycles. The van der Waals surface area contributed by atoms with Gasteiger partial charge in [0.05, 0.1) is 10.8 Å². The van der Waals surface area contributed by atoms with Gasteiger partial charge in [-0.25, -0.2) is 0 Å². The maximum atomic E-state index is 11.6. The van der Waals surface area contributed by atoms with Crippen LogP contribution in [-0.4, -0.2) is 34.6 Å². The molecule has 0 aliphatic heterocycles. The zero-order valence-electron chi connectivity index (χ0n) is 11.0. The number of nitro benzene ring substituents is 1. The number of carboxylic acid groups (broad SMARTS) is 1. The third-order valence-corrected chi connectivity index (χ3v) is 3.27. The van der Waals surface area contributed by atoms with Crippen molar-refractivity contribution in [2.75, 3.05) is 6.61 Å². The van der Waals surface area contributed by atoms with Crippen molar-refractivity contribution in [3.63, 3.8) is 0 Å². The van der Waals surface area contributed by atoms with Crippen LogP contribution in [-0.2, 0) is 9.59 Å². The lowest BCUT2D eigenvalue weighted by molar-refractivity contribution is -0.385. The fraction of sp³-hybridized carbons (Fsp3) is 0.385. The summed E-state index contributed by atoms with van der Waals surface area (Å²) >= 11 is 0. The number of carbonyl (C=O) groups excluding carboxylic acids is 1. The Labute approximate surface area is 119 Å². The van der Waals surface area contributed by atoms with Gasteiger partial charge in [0.1, 0.15) is 0 Å². The lowest BCUT2D eigenvalue weighted by atomic mass is 9.80. The second kappa shape index (κ2) is 6.21. The number of nitrogens with zero attached hydrogens (tertiary/aromatic N) is 1. The monoisotopic (exact) mass is 294 g/mol. The molecule has 0 spiro atoms. The van der Waals surface area contributed by atoms with Crippen molar-refractivity contribution >= 4 is 17.6 Å². The molecule has 21 heavy (non-hydrogen) atoms. The summed E-state index contributed by atoms with van der Waals surface area (Å²) in [5.41, 5.74) is -0.208. The van der Waals surface area contributed by atoms with E-state index >= 15 is 0 Å². The van der Waals surface area contributed by atoms with Gasteiger partial charge in [-0.15, -0.1) is 0 Å². The quantitative estimate of drug-likeness (QED) is 0.595. The highest BCUT2D eigenvalue weighted by atomic mass is 16.6. The third-order valence-electron chi connectivity index (χ3n) is 3.27. The number of nitrogens with one attached hydrogen (secondary N) is 1. The summed E-state index contributed by atoms with van der Waals surface area (Å²) in [6.45, 7) is -0.348. The fourth-order valence-corrected chi connectivity index (χ4v) is 2.08. The highest BCUT2D eigenvalue weighted by molar-refractivity contribution is 5.79. The minimum absolute atomic E-state index is 0.0228. The van der Waals surface area contributed by atoms with E-state index in [-0.39, 0.29) is 24.1 Å². The summed E-state index contributed by atoms with van der Waals surface area (Å²) in [4.78, 5) is 32.4. The van der Waals surface area contributed by atoms with Crippen LogP contribution in [0.2, 0.25) is 0 Å². The molecule has 1 fully saturated rings. The first kappa shape index (κ1) is 14.8. The number of aliphatic carboxylic acids is 1. The average molecular weight is 294 g/mol. The van der Waals surface area contributed by atoms with E-state index in [4.69, 9.17) is 9.84 Å². The smallest absolute Gasteiger partial charge is 0.310 e. The maximum absolute atomic E-state index is 11.6. The number of benzene rings is 1. The first-order valence-corrected chi connectivity index (χ1v) is 6.35. The van der Waals surface area contributed by atoms with Gasteiger partial charge in [-0.2, -0.15) is 0 Å². The predicted molar refractivity (Wildman–Crippen MR) is 70.9 cm³/mol. The lowest BCUT2D eigenvalue weighted by Gasteiger charge is -2.32. The molecule has 0 bridgehead atoms. The summed E-state index contributed by atoms with van der Waals surface area (Å²) in [5.74, 6) is -1.68. The van der Waals surface area contributed by atoms with Gasteiger partial charge in [0, 0.05) is 12.1 Å². The van der Waals surface area contributed by atoms with E-state index in [1.54, 1.807) is 6.07 Å². The number of amides is 1. The summed E-state index contributed by atoms with van der Waals surface area (Å²) in [6, 6.07) is 5.61. The number of nitro groups is 1. The summed E-state index contributed by atoms with van der Waals surface area (Å²) in [7, 11) is 0. The Morgan fingerprint density at radius 3 is 2.67 bits per heavy atom. The molecule has 1 aliphatic rings. The number of carboxylic acids is 1. The van der Waals surface area contributed by atoms with Crippen LogP contribution in [0.4, 0.5) is 5.69 Å². The number of carbonyl (C=O) groups is 2. The van der Waals surface area contributed by atoms with Crippen molar-refractivity contribution in [2.24, 2.45) is 5.92 Å². The topological polar surface area (TPSA) is 119 Å². The van der Waals surface area contributed by atoms with Gasteiger partial charge in [-0.3, -0.25) is 19.7 Å². The first-order valence-electron chi connectivity index (χ1n) is 6.35. The first-order chi connectivity index (χ1) is 9.97. The van der Waals surface area contributed by atoms with Crippen molar-refractivity contribution in [2.45, 2.75) is 18.9 Å². The molecule has 112 valence electrons. The molecule has 1 aromatic rings. The Kier molecular flexibility index (Phi) is 4.36. The molecule has 8 nitrogen and oxygen atoms in total. The van der Waals surface area contributed by atoms with Crippen LogP contribution in [0, 0.1) is 16.0 Å². The maximum Gasteiger partial charge on any atom is 0.310 e. The van der Waals surface area contributed by atoms with Crippen molar-refractivity contribution in [1.82, 2.24) is 5.32 Å². The van der Waals surface area contributed by atoms with Crippen LogP contribution >= 0.6 is 0 Å². The molecule has 1 saturated carbocycles. The van der Waals surface area contributed by atoms with Gasteiger partial charge >= 0.3 is 11.7 Å². The molecule has 0 aromatic heterocycles. The highest BCUT2D eigenvalue weighted by Gasteiger charge is 2.35. The SMILES string of the molecule is O=C(COc1ccccc1[N+](=O)[O-])NC1CC(C(=O)O)C1. The van der Waals surface area contributed by atoms with E-state index in [0.717, 1.165) is 0 Å². The molecular weight excluding hydrogens is 280 g/mol. The van der Waals surface area contributed by atoms with Crippen LogP contribution in [0.15, 0.2) is 24.3 Å². The van der Waals surface area contributed by atoms with Crippen LogP contribution < -0.4 is 10.1 Å². The highest BCUT2D eigenvalue weighted by Crippen LogP contribution is 2.28. The van der Waals surface area contributed by atoms with Crippen LogP contribution in [0.5, 0.6) is 5.75 Å². The number of hydrogen-bond acceptors (Lipinski definition) is 5. The molecule has 0 heterocycles. The molecular formula is C13H14N2O6. The molecule has 0 atom stereocenters. The van der Waals surface area contributed by atoms with Gasteiger partial charge in [0.25, 0.3) is 5.91 Å². The summed E-state index contributed by atoms with van der Waals surface area (Å²) < 4.78 is 5.13. The number of rotatable bonds is 6. The average Bonchev–Trinajstić information content (AvgIpc) is 2.39. The minimum atomic E-state index is -0.864. The third kappa shape index (κ3) is 3.68. The Morgan fingerprint density at radius 1 is 1.38 bits per heavy atom. The van der Waals surface area contributed by atoms with Crippen molar-refractivity contribution in [1.29, 1.82) is 0 Å². The Hall–Kier alpha value is -2.64. The molecule has 0 radical (unpaired) electrons. The summed E-state index contributed by atoms with van der Waals surface area (Å²) in [6.07, 6.45) is 0.791. The Balaban J connectivity index is 1.80. The van der Waals surface area contributed by atoms with Crippen LogP contribution in [0.1, 0.15) is 12.8 Å². The van der Waals surface area contributed by atoms with Crippen LogP contribution in [0.3, 0.4) is 0 Å². The molecule has 2 N–H and O–H groups in total. The predicted octanol–water partition coefficient (Wildman–Crippen LogP) is 0.953. The largest absolute Gasteiger partial charge is 0.481 e. The number of para-hydroxylation sites is 2. The normalized spacial score (nSPS) is 20.2. The van der Waals surface area contributed by atoms with Crippen LogP contribution in [0.25, 0.3) is 0 Å². The van der Waals surface area contributed by atoms with Gasteiger partial charge in [-0.1, -0.05) is 12.1 Å². The molecule has 0 unspecified atom stereocenters. The van der Waals surface area contributed by atoms with Crippen molar-refractivity contribution in [3.05, 3.63) is 34.4 Å². The van der Waals surface area contributed by atoms with Gasteiger partial charge < -0.3 is 15.2 Å². The second-order valence-corrected chi connectivity index (χ2v) is 4.78. The van der Waals surface area contributed by atoms with Crippen molar-refractivity contribution < 1.29 is 24.4 Å².